The number of hydrogen-bond donors (Lipinski definition) is 1. The molecule has 0 aliphatic heterocycles. The zero-order valence-corrected chi connectivity index (χ0v) is 23.3. The van der Waals surface area contributed by atoms with Gasteiger partial charge in [-0.15, -0.1) is 0 Å². The monoisotopic (exact) mass is 576 g/mol. The fraction of sp³-hybridized carbons (Fsp3) is 0.152. The average Bonchev–Trinajstić information content (AvgIpc) is 2.95. The Bertz CT molecular complexity index is 1370. The van der Waals surface area contributed by atoms with Crippen LogP contribution in [0.5, 0.6) is 17.2 Å². The average molecular weight is 577 g/mol. The van der Waals surface area contributed by atoms with E-state index in [-0.39, 0.29) is 19.0 Å². The highest BCUT2D eigenvalue weighted by Crippen LogP contribution is 2.18. The lowest BCUT2D eigenvalue weighted by molar-refractivity contribution is 0.0733. The van der Waals surface area contributed by atoms with Gasteiger partial charge in [0.1, 0.15) is 17.2 Å². The molecule has 0 atom stereocenters. The first-order chi connectivity index (χ1) is 19.0. The van der Waals surface area contributed by atoms with Crippen molar-refractivity contribution in [1.29, 1.82) is 0 Å². The van der Waals surface area contributed by atoms with Gasteiger partial charge >= 0.3 is 5.97 Å². The Balaban J connectivity index is 0.000000340. The Kier molecular flexibility index (Phi) is 14.3. The summed E-state index contributed by atoms with van der Waals surface area (Å²) in [7, 11) is 1.57. The summed E-state index contributed by atoms with van der Waals surface area (Å²) in [6, 6.07) is 26.4. The van der Waals surface area contributed by atoms with Crippen LogP contribution in [0.1, 0.15) is 68.3 Å². The summed E-state index contributed by atoms with van der Waals surface area (Å²) in [5, 5.41) is 8.25. The summed E-state index contributed by atoms with van der Waals surface area (Å²) < 4.78 is 10.2. The van der Waals surface area contributed by atoms with E-state index in [1.54, 1.807) is 79.9 Å². The molecule has 0 aliphatic carbocycles. The molecule has 214 valence electrons. The number of ether oxygens (including phenoxy) is 2. The second-order valence-electron chi connectivity index (χ2n) is 8.44. The predicted molar refractivity (Wildman–Crippen MR) is 161 cm³/mol. The number of phenolic OH excluding ortho intramolecular Hbond substituents is 1. The van der Waals surface area contributed by atoms with Crippen molar-refractivity contribution in [2.45, 2.75) is 28.2 Å². The van der Waals surface area contributed by atoms with E-state index < -0.39 is 11.2 Å². The number of phenols is 1. The number of carbonyl (C=O) groups is 4. The lowest BCUT2D eigenvalue weighted by Gasteiger charge is -2.05. The molecule has 0 fully saturated rings. The summed E-state index contributed by atoms with van der Waals surface area (Å²) in [6.45, 7) is 4.93. The first-order valence-electron chi connectivity index (χ1n) is 12.0. The van der Waals surface area contributed by atoms with Gasteiger partial charge in [-0.3, -0.25) is 14.4 Å². The highest BCUT2D eigenvalue weighted by Gasteiger charge is 2.09. The van der Waals surface area contributed by atoms with Gasteiger partial charge in [0, 0.05) is 16.7 Å². The van der Waals surface area contributed by atoms with Crippen molar-refractivity contribution in [3.8, 4) is 17.2 Å². The molecule has 0 saturated heterocycles. The molecule has 4 aromatic carbocycles. The lowest BCUT2D eigenvalue weighted by atomic mass is 10.1. The van der Waals surface area contributed by atoms with Crippen molar-refractivity contribution in [3.05, 3.63) is 125 Å². The quantitative estimate of drug-likeness (QED) is 0.108. The fourth-order valence-corrected chi connectivity index (χ4v) is 3.16. The standard InChI is InChI=1S/C16H14O4.C9H7ClO2.C7H8O.CH4/c1-11(17)12-3-5-13(6-4-12)16(18)20-15-9-7-14(19-2)8-10-15;1-6(11)7-2-4-8(5-3-7)9(10)12;1-6-2-4-7(8)5-3-6;/h3-10H,1-2H3;2-5H,1H3;2-5,8H,1H3;1H4. The van der Waals surface area contributed by atoms with E-state index in [1.165, 1.54) is 31.5 Å². The third-order valence-electron chi connectivity index (χ3n) is 5.35. The van der Waals surface area contributed by atoms with Crippen LogP contribution in [0.4, 0.5) is 0 Å². The Hall–Kier alpha value is -4.75. The second-order valence-corrected chi connectivity index (χ2v) is 8.78. The number of halogens is 1. The minimum Gasteiger partial charge on any atom is -0.508 e. The van der Waals surface area contributed by atoms with Crippen LogP contribution in [-0.2, 0) is 0 Å². The summed E-state index contributed by atoms with van der Waals surface area (Å²) in [5.74, 6) is 0.923. The molecule has 0 saturated carbocycles. The van der Waals surface area contributed by atoms with Gasteiger partial charge in [0.2, 0.25) is 0 Å². The fourth-order valence-electron chi connectivity index (χ4n) is 3.03. The van der Waals surface area contributed by atoms with Gasteiger partial charge < -0.3 is 14.6 Å². The molecule has 8 heteroatoms. The van der Waals surface area contributed by atoms with Gasteiger partial charge in [-0.05, 0) is 93.0 Å². The minimum absolute atomic E-state index is 0. The van der Waals surface area contributed by atoms with Gasteiger partial charge in [0.15, 0.2) is 11.6 Å². The van der Waals surface area contributed by atoms with Crippen molar-refractivity contribution in [2.75, 3.05) is 7.11 Å². The number of carbonyl (C=O) groups excluding carboxylic acids is 4. The van der Waals surface area contributed by atoms with Crippen molar-refractivity contribution in [1.82, 2.24) is 0 Å². The first-order valence-corrected chi connectivity index (χ1v) is 12.4. The molecular formula is C33H33ClO7. The maximum atomic E-state index is 11.9. The zero-order valence-electron chi connectivity index (χ0n) is 22.5. The third-order valence-corrected chi connectivity index (χ3v) is 5.57. The smallest absolute Gasteiger partial charge is 0.343 e. The van der Waals surface area contributed by atoms with E-state index in [4.69, 9.17) is 26.2 Å². The molecule has 0 bridgehead atoms. The van der Waals surface area contributed by atoms with Crippen molar-refractivity contribution >= 4 is 34.4 Å². The number of esters is 1. The summed E-state index contributed by atoms with van der Waals surface area (Å²) in [4.78, 5) is 44.5. The van der Waals surface area contributed by atoms with E-state index in [1.807, 2.05) is 19.1 Å². The molecule has 0 radical (unpaired) electrons. The molecule has 1 N–H and O–H groups in total. The van der Waals surface area contributed by atoms with Crippen molar-refractivity contribution in [2.24, 2.45) is 0 Å². The van der Waals surface area contributed by atoms with E-state index in [0.717, 1.165) is 0 Å². The van der Waals surface area contributed by atoms with E-state index in [9.17, 15) is 19.2 Å². The van der Waals surface area contributed by atoms with Crippen LogP contribution < -0.4 is 9.47 Å². The topological polar surface area (TPSA) is 107 Å². The normalized spacial score (nSPS) is 9.39. The van der Waals surface area contributed by atoms with Gasteiger partial charge in [0.25, 0.3) is 5.24 Å². The van der Waals surface area contributed by atoms with Crippen LogP contribution in [0.2, 0.25) is 0 Å². The van der Waals surface area contributed by atoms with E-state index in [2.05, 4.69) is 0 Å². The summed E-state index contributed by atoms with van der Waals surface area (Å²) in [6.07, 6.45) is 0. The SMILES string of the molecule is C.CC(=O)c1ccc(C(=O)Cl)cc1.COc1ccc(OC(=O)c2ccc(C(C)=O)cc2)cc1.Cc1ccc(O)cc1. The number of methoxy groups -OCH3 is 1. The molecular weight excluding hydrogens is 544 g/mol. The number of Topliss-reactive ketones (excluding diaryl/α,β-unsaturated/α-hetero) is 2. The second kappa shape index (κ2) is 17.0. The summed E-state index contributed by atoms with van der Waals surface area (Å²) in [5.41, 5.74) is 3.11. The molecule has 0 amide bonds. The number of aromatic hydroxyl groups is 1. The molecule has 7 nitrogen and oxygen atoms in total. The molecule has 0 aromatic heterocycles. The molecule has 4 aromatic rings. The number of ketones is 2. The predicted octanol–water partition coefficient (Wildman–Crippen LogP) is 7.72. The molecule has 0 unspecified atom stereocenters. The van der Waals surface area contributed by atoms with Crippen LogP contribution >= 0.6 is 11.6 Å². The van der Waals surface area contributed by atoms with Crippen LogP contribution in [0.3, 0.4) is 0 Å². The maximum Gasteiger partial charge on any atom is 0.343 e. The Labute approximate surface area is 245 Å². The largest absolute Gasteiger partial charge is 0.508 e. The lowest BCUT2D eigenvalue weighted by Crippen LogP contribution is -2.08. The molecule has 0 spiro atoms. The van der Waals surface area contributed by atoms with Crippen LogP contribution in [0.15, 0.2) is 97.1 Å². The number of rotatable bonds is 6. The highest BCUT2D eigenvalue weighted by molar-refractivity contribution is 6.67. The van der Waals surface area contributed by atoms with Crippen LogP contribution in [0.25, 0.3) is 0 Å². The van der Waals surface area contributed by atoms with Gasteiger partial charge in [0.05, 0.1) is 12.7 Å². The first kappa shape index (κ1) is 34.3. The van der Waals surface area contributed by atoms with E-state index >= 15 is 0 Å². The zero-order chi connectivity index (χ0) is 29.7. The number of hydrogen-bond acceptors (Lipinski definition) is 7. The van der Waals surface area contributed by atoms with Crippen LogP contribution in [0, 0.1) is 6.92 Å². The molecule has 0 heterocycles. The van der Waals surface area contributed by atoms with Crippen molar-refractivity contribution in [3.63, 3.8) is 0 Å². The van der Waals surface area contributed by atoms with Gasteiger partial charge in [-0.25, -0.2) is 4.79 Å². The number of aryl methyl sites for hydroxylation is 1. The maximum absolute atomic E-state index is 11.9. The highest BCUT2D eigenvalue weighted by atomic mass is 35.5. The Morgan fingerprint density at radius 3 is 1.37 bits per heavy atom. The van der Waals surface area contributed by atoms with E-state index in [0.29, 0.717) is 39.5 Å². The van der Waals surface area contributed by atoms with Crippen molar-refractivity contribution < 1.29 is 33.8 Å². The minimum atomic E-state index is -0.509. The Morgan fingerprint density at radius 1 is 0.610 bits per heavy atom. The molecule has 4 rings (SSSR count). The summed E-state index contributed by atoms with van der Waals surface area (Å²) >= 11 is 5.21. The Morgan fingerprint density at radius 2 is 1.00 bits per heavy atom. The third kappa shape index (κ3) is 11.9. The van der Waals surface area contributed by atoms with Gasteiger partial charge in [-0.1, -0.05) is 49.4 Å². The molecule has 41 heavy (non-hydrogen) atoms. The van der Waals surface area contributed by atoms with Crippen LogP contribution in [-0.4, -0.2) is 35.0 Å². The van der Waals surface area contributed by atoms with Gasteiger partial charge in [-0.2, -0.15) is 0 Å². The molecule has 0 aliphatic rings. The number of benzene rings is 4.